The molecule has 0 spiro atoms. The molecule has 1 heterocycles. The molecule has 2 aromatic carbocycles. The minimum Gasteiger partial charge on any atom is -0.349 e. The van der Waals surface area contributed by atoms with Gasteiger partial charge in [0.2, 0.25) is 5.91 Å². The number of hydrogen-bond donors (Lipinski definition) is 2. The number of amides is 2. The lowest BCUT2D eigenvalue weighted by Crippen LogP contribution is -2.26. The van der Waals surface area contributed by atoms with Gasteiger partial charge in [0.15, 0.2) is 0 Å². The second kappa shape index (κ2) is 8.41. The summed E-state index contributed by atoms with van der Waals surface area (Å²) < 4.78 is 2.16. The fourth-order valence-corrected chi connectivity index (χ4v) is 3.55. The third-order valence-electron chi connectivity index (χ3n) is 5.24. The Morgan fingerprint density at radius 2 is 1.70 bits per heavy atom. The Morgan fingerprint density at radius 3 is 2.43 bits per heavy atom. The molecule has 0 aliphatic heterocycles. The van der Waals surface area contributed by atoms with Crippen molar-refractivity contribution in [1.82, 2.24) is 9.88 Å². The Morgan fingerprint density at radius 1 is 1.00 bits per heavy atom. The van der Waals surface area contributed by atoms with Gasteiger partial charge in [-0.1, -0.05) is 30.3 Å². The van der Waals surface area contributed by atoms with E-state index >= 15 is 0 Å². The molecule has 4 rings (SSSR count). The molecule has 0 bridgehead atoms. The second-order valence-electron chi connectivity index (χ2n) is 7.61. The molecule has 1 aliphatic carbocycles. The summed E-state index contributed by atoms with van der Waals surface area (Å²) in [6, 6.07) is 19.5. The van der Waals surface area contributed by atoms with Gasteiger partial charge >= 0.3 is 0 Å². The number of nitrogens with zero attached hydrogens (tertiary/aromatic N) is 1. The highest BCUT2D eigenvalue weighted by atomic mass is 16.2. The van der Waals surface area contributed by atoms with E-state index in [0.717, 1.165) is 35.5 Å². The van der Waals surface area contributed by atoms with Crippen LogP contribution in [0.5, 0.6) is 0 Å². The topological polar surface area (TPSA) is 63.1 Å². The van der Waals surface area contributed by atoms with E-state index in [0.29, 0.717) is 11.3 Å². The molecule has 1 saturated carbocycles. The molecule has 5 nitrogen and oxygen atoms in total. The van der Waals surface area contributed by atoms with Gasteiger partial charge in [-0.2, -0.15) is 0 Å². The van der Waals surface area contributed by atoms with Crippen LogP contribution in [0.2, 0.25) is 0 Å². The SMILES string of the molecule is Cc1cc(/C=C/C(=O)Nc2ccccc2C(=O)NC2CC2)c(C)n1-c1ccccc1. The molecule has 0 atom stereocenters. The number of rotatable bonds is 6. The molecular formula is C25H25N3O2. The first kappa shape index (κ1) is 19.7. The molecule has 3 aromatic rings. The minimum atomic E-state index is -0.272. The molecule has 0 saturated heterocycles. The van der Waals surface area contributed by atoms with E-state index in [4.69, 9.17) is 0 Å². The van der Waals surface area contributed by atoms with E-state index in [1.165, 1.54) is 6.08 Å². The molecular weight excluding hydrogens is 374 g/mol. The normalized spacial score (nSPS) is 13.4. The zero-order valence-corrected chi connectivity index (χ0v) is 17.2. The molecule has 152 valence electrons. The highest BCUT2D eigenvalue weighted by molar-refractivity contribution is 6.07. The maximum atomic E-state index is 12.5. The molecule has 5 heteroatoms. The fourth-order valence-electron chi connectivity index (χ4n) is 3.55. The number of hydrogen-bond acceptors (Lipinski definition) is 2. The highest BCUT2D eigenvalue weighted by Crippen LogP contribution is 2.23. The van der Waals surface area contributed by atoms with Gasteiger partial charge in [-0.05, 0) is 68.7 Å². The van der Waals surface area contributed by atoms with E-state index in [1.807, 2.05) is 38.1 Å². The van der Waals surface area contributed by atoms with Crippen molar-refractivity contribution in [2.75, 3.05) is 5.32 Å². The number of carbonyl (C=O) groups is 2. The van der Waals surface area contributed by atoms with E-state index in [2.05, 4.69) is 33.4 Å². The number of benzene rings is 2. The molecule has 1 aromatic heterocycles. The van der Waals surface area contributed by atoms with Crippen LogP contribution < -0.4 is 10.6 Å². The first-order valence-electron chi connectivity index (χ1n) is 10.2. The van der Waals surface area contributed by atoms with Crippen LogP contribution in [-0.4, -0.2) is 22.4 Å². The summed E-state index contributed by atoms with van der Waals surface area (Å²) in [5.74, 6) is -0.421. The van der Waals surface area contributed by atoms with Gasteiger partial charge in [0.25, 0.3) is 5.91 Å². The van der Waals surface area contributed by atoms with Gasteiger partial charge in [-0.15, -0.1) is 0 Å². The molecule has 1 aliphatic rings. The Balaban J connectivity index is 1.50. The number of nitrogens with one attached hydrogen (secondary N) is 2. The summed E-state index contributed by atoms with van der Waals surface area (Å²) in [7, 11) is 0. The Kier molecular flexibility index (Phi) is 5.53. The van der Waals surface area contributed by atoms with Crippen LogP contribution in [0.4, 0.5) is 5.69 Å². The highest BCUT2D eigenvalue weighted by Gasteiger charge is 2.24. The van der Waals surface area contributed by atoms with Crippen LogP contribution in [-0.2, 0) is 4.79 Å². The average Bonchev–Trinajstić information content (AvgIpc) is 3.51. The van der Waals surface area contributed by atoms with Crippen molar-refractivity contribution in [2.45, 2.75) is 32.7 Å². The minimum absolute atomic E-state index is 0.149. The van der Waals surface area contributed by atoms with Crippen LogP contribution in [0.25, 0.3) is 11.8 Å². The standard InChI is InChI=1S/C25H25N3O2/c1-17-16-19(18(2)28(17)21-8-4-3-5-9-21)12-15-24(29)27-23-11-7-6-10-22(23)25(30)26-20-13-14-20/h3-12,15-16,20H,13-14H2,1-2H3,(H,26,30)(H,27,29)/b15-12+. The van der Waals surface area contributed by atoms with E-state index in [-0.39, 0.29) is 17.9 Å². The van der Waals surface area contributed by atoms with Crippen LogP contribution in [0.3, 0.4) is 0 Å². The quantitative estimate of drug-likeness (QED) is 0.593. The van der Waals surface area contributed by atoms with Crippen molar-refractivity contribution >= 4 is 23.6 Å². The van der Waals surface area contributed by atoms with Crippen molar-refractivity contribution in [3.05, 3.63) is 89.3 Å². The third-order valence-corrected chi connectivity index (χ3v) is 5.24. The fraction of sp³-hybridized carbons (Fsp3) is 0.200. The van der Waals surface area contributed by atoms with Gasteiger partial charge in [0, 0.05) is 29.2 Å². The first-order chi connectivity index (χ1) is 14.5. The van der Waals surface area contributed by atoms with E-state index < -0.39 is 0 Å². The van der Waals surface area contributed by atoms with Gasteiger partial charge in [0.1, 0.15) is 0 Å². The summed E-state index contributed by atoms with van der Waals surface area (Å²) in [4.78, 5) is 24.9. The van der Waals surface area contributed by atoms with E-state index in [1.54, 1.807) is 24.3 Å². The largest absolute Gasteiger partial charge is 0.349 e. The smallest absolute Gasteiger partial charge is 0.253 e. The Bertz CT molecular complexity index is 1110. The van der Waals surface area contributed by atoms with Crippen LogP contribution in [0.15, 0.2) is 66.7 Å². The number of carbonyl (C=O) groups excluding carboxylic acids is 2. The lowest BCUT2D eigenvalue weighted by atomic mass is 10.1. The second-order valence-corrected chi connectivity index (χ2v) is 7.61. The summed E-state index contributed by atoms with van der Waals surface area (Å²) in [6.07, 6.45) is 5.35. The molecule has 30 heavy (non-hydrogen) atoms. The Labute approximate surface area is 176 Å². The van der Waals surface area contributed by atoms with Gasteiger partial charge < -0.3 is 15.2 Å². The van der Waals surface area contributed by atoms with Crippen molar-refractivity contribution in [2.24, 2.45) is 0 Å². The zero-order chi connectivity index (χ0) is 21.1. The molecule has 0 radical (unpaired) electrons. The van der Waals surface area contributed by atoms with Gasteiger partial charge in [-0.3, -0.25) is 9.59 Å². The lowest BCUT2D eigenvalue weighted by Gasteiger charge is -2.10. The molecule has 1 fully saturated rings. The van der Waals surface area contributed by atoms with Crippen LogP contribution in [0, 0.1) is 13.8 Å². The zero-order valence-electron chi connectivity index (χ0n) is 17.2. The van der Waals surface area contributed by atoms with Crippen molar-refractivity contribution in [3.8, 4) is 5.69 Å². The van der Waals surface area contributed by atoms with Gasteiger partial charge in [-0.25, -0.2) is 0 Å². The predicted molar refractivity (Wildman–Crippen MR) is 120 cm³/mol. The van der Waals surface area contributed by atoms with Crippen molar-refractivity contribution in [3.63, 3.8) is 0 Å². The maximum Gasteiger partial charge on any atom is 0.253 e. The third kappa shape index (κ3) is 4.35. The number of para-hydroxylation sites is 2. The first-order valence-corrected chi connectivity index (χ1v) is 10.2. The molecule has 0 unspecified atom stereocenters. The summed E-state index contributed by atoms with van der Waals surface area (Å²) >= 11 is 0. The number of aryl methyl sites for hydroxylation is 1. The van der Waals surface area contributed by atoms with Crippen molar-refractivity contribution < 1.29 is 9.59 Å². The number of aromatic nitrogens is 1. The predicted octanol–water partition coefficient (Wildman–Crippen LogP) is 4.64. The van der Waals surface area contributed by atoms with E-state index in [9.17, 15) is 9.59 Å². The lowest BCUT2D eigenvalue weighted by molar-refractivity contribution is -0.111. The maximum absolute atomic E-state index is 12.5. The average molecular weight is 399 g/mol. The van der Waals surface area contributed by atoms with Crippen molar-refractivity contribution in [1.29, 1.82) is 0 Å². The summed E-state index contributed by atoms with van der Waals surface area (Å²) in [5.41, 5.74) is 5.22. The van der Waals surface area contributed by atoms with Crippen LogP contribution in [0.1, 0.15) is 40.2 Å². The molecule has 2 N–H and O–H groups in total. The number of anilines is 1. The summed E-state index contributed by atoms with van der Waals surface area (Å²) in [5, 5.41) is 5.80. The Hall–Kier alpha value is -3.60. The monoisotopic (exact) mass is 399 g/mol. The molecule has 2 amide bonds. The van der Waals surface area contributed by atoms with Gasteiger partial charge in [0.05, 0.1) is 11.3 Å². The summed E-state index contributed by atoms with van der Waals surface area (Å²) in [6.45, 7) is 4.08. The van der Waals surface area contributed by atoms with Crippen LogP contribution >= 0.6 is 0 Å².